The zero-order chi connectivity index (χ0) is 12.3. The fourth-order valence-electron chi connectivity index (χ4n) is 2.37. The summed E-state index contributed by atoms with van der Waals surface area (Å²) in [6, 6.07) is 4.18. The van der Waals surface area contributed by atoms with Crippen molar-refractivity contribution in [3.8, 4) is 0 Å². The molecule has 2 heterocycles. The molecule has 1 aliphatic heterocycles. The van der Waals surface area contributed by atoms with Crippen LogP contribution in [0.2, 0.25) is 0 Å². The lowest BCUT2D eigenvalue weighted by Gasteiger charge is -2.33. The molecule has 1 aromatic rings. The van der Waals surface area contributed by atoms with Crippen molar-refractivity contribution in [1.29, 1.82) is 0 Å². The number of rotatable bonds is 3. The number of hydrogen-bond acceptors (Lipinski definition) is 2. The van der Waals surface area contributed by atoms with E-state index in [2.05, 4.69) is 37.9 Å². The molecule has 94 valence electrons. The Morgan fingerprint density at radius 3 is 3.06 bits per heavy atom. The first-order valence-electron chi connectivity index (χ1n) is 6.14. The number of halogens is 2. The molecular formula is C13H18BrClN2. The van der Waals surface area contributed by atoms with Crippen molar-refractivity contribution < 1.29 is 0 Å². The van der Waals surface area contributed by atoms with Gasteiger partial charge in [0.05, 0.1) is 5.69 Å². The first-order chi connectivity index (χ1) is 8.20. The van der Waals surface area contributed by atoms with Gasteiger partial charge in [0.1, 0.15) is 5.82 Å². The van der Waals surface area contributed by atoms with Crippen LogP contribution in [0, 0.1) is 12.8 Å². The molecule has 1 aromatic heterocycles. The molecule has 0 amide bonds. The number of alkyl halides is 1. The monoisotopic (exact) mass is 316 g/mol. The largest absolute Gasteiger partial charge is 0.356 e. The van der Waals surface area contributed by atoms with E-state index in [1.54, 1.807) is 0 Å². The molecule has 0 radical (unpaired) electrons. The maximum Gasteiger partial charge on any atom is 0.128 e. The molecule has 0 bridgehead atoms. The molecule has 1 unspecified atom stereocenters. The Bertz CT molecular complexity index is 382. The first-order valence-corrected chi connectivity index (χ1v) is 7.47. The molecule has 4 heteroatoms. The summed E-state index contributed by atoms with van der Waals surface area (Å²) in [5, 5.41) is 0. The van der Waals surface area contributed by atoms with E-state index >= 15 is 0 Å². The van der Waals surface area contributed by atoms with Gasteiger partial charge in [0, 0.05) is 23.4 Å². The smallest absolute Gasteiger partial charge is 0.128 e. The summed E-state index contributed by atoms with van der Waals surface area (Å²) in [4.78, 5) is 7.03. The highest BCUT2D eigenvalue weighted by Gasteiger charge is 2.20. The quantitative estimate of drug-likeness (QED) is 0.783. The molecule has 1 aliphatic rings. The van der Waals surface area contributed by atoms with Crippen molar-refractivity contribution in [2.75, 3.05) is 23.9 Å². The van der Waals surface area contributed by atoms with E-state index in [0.717, 1.165) is 47.3 Å². The van der Waals surface area contributed by atoms with Crippen LogP contribution in [0.5, 0.6) is 0 Å². The van der Waals surface area contributed by atoms with Crippen LogP contribution in [-0.4, -0.2) is 24.0 Å². The van der Waals surface area contributed by atoms with Crippen molar-refractivity contribution in [2.24, 2.45) is 5.92 Å². The Hall–Kier alpha value is -0.280. The lowest BCUT2D eigenvalue weighted by Crippen LogP contribution is -2.36. The minimum absolute atomic E-state index is 0.729. The minimum Gasteiger partial charge on any atom is -0.356 e. The highest BCUT2D eigenvalue weighted by molar-refractivity contribution is 9.10. The summed E-state index contributed by atoms with van der Waals surface area (Å²) in [6.45, 7) is 4.25. The molecule has 2 rings (SSSR count). The van der Waals surface area contributed by atoms with Gasteiger partial charge in [-0.3, -0.25) is 0 Å². The third-order valence-electron chi connectivity index (χ3n) is 3.37. The van der Waals surface area contributed by atoms with Crippen LogP contribution in [0.15, 0.2) is 16.6 Å². The molecule has 1 atom stereocenters. The second-order valence-electron chi connectivity index (χ2n) is 4.67. The Morgan fingerprint density at radius 2 is 2.35 bits per heavy atom. The summed E-state index contributed by atoms with van der Waals surface area (Å²) >= 11 is 9.33. The number of aryl methyl sites for hydroxylation is 1. The van der Waals surface area contributed by atoms with Crippen molar-refractivity contribution in [2.45, 2.75) is 26.2 Å². The number of hydrogen-bond donors (Lipinski definition) is 0. The molecular weight excluding hydrogens is 300 g/mol. The Morgan fingerprint density at radius 1 is 1.53 bits per heavy atom. The number of pyridine rings is 1. The van der Waals surface area contributed by atoms with Gasteiger partial charge in [-0.25, -0.2) is 4.98 Å². The fourth-order valence-corrected chi connectivity index (χ4v) is 2.90. The van der Waals surface area contributed by atoms with Gasteiger partial charge in [0.2, 0.25) is 0 Å². The van der Waals surface area contributed by atoms with Gasteiger partial charge in [0.15, 0.2) is 0 Å². The van der Waals surface area contributed by atoms with Crippen LogP contribution < -0.4 is 4.90 Å². The van der Waals surface area contributed by atoms with Crippen molar-refractivity contribution >= 4 is 33.3 Å². The van der Waals surface area contributed by atoms with Gasteiger partial charge < -0.3 is 4.90 Å². The van der Waals surface area contributed by atoms with Gasteiger partial charge >= 0.3 is 0 Å². The molecule has 0 spiro atoms. The summed E-state index contributed by atoms with van der Waals surface area (Å²) in [5.74, 6) is 2.60. The van der Waals surface area contributed by atoms with E-state index in [0.29, 0.717) is 0 Å². The van der Waals surface area contributed by atoms with E-state index in [1.165, 1.54) is 12.8 Å². The number of nitrogens with zero attached hydrogens (tertiary/aromatic N) is 2. The van der Waals surface area contributed by atoms with E-state index in [4.69, 9.17) is 11.6 Å². The highest BCUT2D eigenvalue weighted by atomic mass is 79.9. The normalized spacial score (nSPS) is 20.6. The molecule has 0 aliphatic carbocycles. The zero-order valence-electron chi connectivity index (χ0n) is 10.1. The molecule has 1 saturated heterocycles. The van der Waals surface area contributed by atoms with Gasteiger partial charge in [0.25, 0.3) is 0 Å². The number of anilines is 1. The average Bonchev–Trinajstić information content (AvgIpc) is 2.33. The maximum absolute atomic E-state index is 5.83. The van der Waals surface area contributed by atoms with Crippen molar-refractivity contribution in [3.63, 3.8) is 0 Å². The molecule has 17 heavy (non-hydrogen) atoms. The Balaban J connectivity index is 2.08. The standard InChI is InChI=1S/C13H18BrClN2/c1-10-12(14)4-5-13(16-10)17-8-2-3-11(9-17)6-7-15/h4-5,11H,2-3,6-9H2,1H3. The van der Waals surface area contributed by atoms with Crippen LogP contribution >= 0.6 is 27.5 Å². The van der Waals surface area contributed by atoms with Crippen molar-refractivity contribution in [3.05, 3.63) is 22.3 Å². The van der Waals surface area contributed by atoms with Crippen LogP contribution in [0.3, 0.4) is 0 Å². The molecule has 1 fully saturated rings. The Labute approximate surface area is 116 Å². The molecule has 2 nitrogen and oxygen atoms in total. The predicted molar refractivity (Wildman–Crippen MR) is 76.9 cm³/mol. The maximum atomic E-state index is 5.83. The van der Waals surface area contributed by atoms with Crippen LogP contribution in [0.1, 0.15) is 25.0 Å². The van der Waals surface area contributed by atoms with Gasteiger partial charge in [-0.1, -0.05) is 0 Å². The summed E-state index contributed by atoms with van der Waals surface area (Å²) < 4.78 is 1.08. The average molecular weight is 318 g/mol. The van der Waals surface area contributed by atoms with E-state index in [-0.39, 0.29) is 0 Å². The van der Waals surface area contributed by atoms with Crippen LogP contribution in [-0.2, 0) is 0 Å². The topological polar surface area (TPSA) is 16.1 Å². The molecule has 0 aromatic carbocycles. The summed E-state index contributed by atoms with van der Waals surface area (Å²) in [7, 11) is 0. The predicted octanol–water partition coefficient (Wildman–Crippen LogP) is 4.00. The highest BCUT2D eigenvalue weighted by Crippen LogP contribution is 2.25. The second kappa shape index (κ2) is 6.05. The van der Waals surface area contributed by atoms with Crippen LogP contribution in [0.4, 0.5) is 5.82 Å². The summed E-state index contributed by atoms with van der Waals surface area (Å²) in [6.07, 6.45) is 3.67. The number of aromatic nitrogens is 1. The lowest BCUT2D eigenvalue weighted by atomic mass is 9.95. The first kappa shape index (κ1) is 13.2. The van der Waals surface area contributed by atoms with E-state index in [9.17, 15) is 0 Å². The Kier molecular flexibility index (Phi) is 4.69. The van der Waals surface area contributed by atoms with Crippen LogP contribution in [0.25, 0.3) is 0 Å². The van der Waals surface area contributed by atoms with Gasteiger partial charge in [-0.05, 0) is 60.2 Å². The minimum atomic E-state index is 0.729. The SMILES string of the molecule is Cc1nc(N2CCCC(CCCl)C2)ccc1Br. The fraction of sp³-hybridized carbons (Fsp3) is 0.615. The second-order valence-corrected chi connectivity index (χ2v) is 5.90. The summed E-state index contributed by atoms with van der Waals surface area (Å²) in [5.41, 5.74) is 1.06. The van der Waals surface area contributed by atoms with E-state index in [1.807, 2.05) is 6.92 Å². The van der Waals surface area contributed by atoms with Gasteiger partial charge in [-0.15, -0.1) is 11.6 Å². The molecule has 0 N–H and O–H groups in total. The third-order valence-corrected chi connectivity index (χ3v) is 4.42. The van der Waals surface area contributed by atoms with Gasteiger partial charge in [-0.2, -0.15) is 0 Å². The zero-order valence-corrected chi connectivity index (χ0v) is 12.5. The van der Waals surface area contributed by atoms with E-state index < -0.39 is 0 Å². The lowest BCUT2D eigenvalue weighted by molar-refractivity contribution is 0.404. The molecule has 0 saturated carbocycles. The van der Waals surface area contributed by atoms with Crippen molar-refractivity contribution in [1.82, 2.24) is 4.98 Å². The third kappa shape index (κ3) is 3.35. The number of piperidine rings is 1.